The number of fused-ring (bicyclic) bond motifs is 1. The van der Waals surface area contributed by atoms with E-state index in [1.54, 1.807) is 19.1 Å². The fourth-order valence-electron chi connectivity index (χ4n) is 3.83. The summed E-state index contributed by atoms with van der Waals surface area (Å²) in [5.41, 5.74) is 5.46. The lowest BCUT2D eigenvalue weighted by Gasteiger charge is -2.13. The van der Waals surface area contributed by atoms with Gasteiger partial charge in [0.1, 0.15) is 11.4 Å². The molecule has 3 aromatic rings. The van der Waals surface area contributed by atoms with E-state index in [2.05, 4.69) is 15.8 Å². The number of hydrazone groups is 1. The number of hydrogen-bond acceptors (Lipinski definition) is 8. The quantitative estimate of drug-likeness (QED) is 0.380. The van der Waals surface area contributed by atoms with E-state index < -0.39 is 15.5 Å². The van der Waals surface area contributed by atoms with Crippen LogP contribution in [0.2, 0.25) is 0 Å². The van der Waals surface area contributed by atoms with Crippen LogP contribution in [0.25, 0.3) is 0 Å². The highest BCUT2D eigenvalue weighted by Crippen LogP contribution is 2.32. The second-order valence-corrected chi connectivity index (χ2v) is 7.91. The number of furan rings is 1. The summed E-state index contributed by atoms with van der Waals surface area (Å²) in [6.45, 7) is 3.72. The standard InChI is InChI=1S/C23H21N5O6/c1-13-6-8-15(9-7-13)24-23(29)22-14(2)21-18(4-3-5-20(21)34-22)26-25-17-11-10-16(27(30)31)12-19(17)28(32)33/h6-12,25H,3-5H2,1-2H3,(H,24,29)/b26-18+. The van der Waals surface area contributed by atoms with Crippen molar-refractivity contribution < 1.29 is 19.1 Å². The summed E-state index contributed by atoms with van der Waals surface area (Å²) in [5, 5.41) is 29.5. The molecule has 0 bridgehead atoms. The molecule has 0 spiro atoms. The van der Waals surface area contributed by atoms with Crippen molar-refractivity contribution in [2.45, 2.75) is 33.1 Å². The van der Waals surface area contributed by atoms with Gasteiger partial charge in [-0.2, -0.15) is 5.10 Å². The Morgan fingerprint density at radius 3 is 2.44 bits per heavy atom. The molecule has 4 rings (SSSR count). The van der Waals surface area contributed by atoms with E-state index in [0.717, 1.165) is 18.1 Å². The molecule has 0 aliphatic heterocycles. The summed E-state index contributed by atoms with van der Waals surface area (Å²) in [4.78, 5) is 33.8. The van der Waals surface area contributed by atoms with Crippen LogP contribution in [0.1, 0.15) is 45.8 Å². The second-order valence-electron chi connectivity index (χ2n) is 7.91. The van der Waals surface area contributed by atoms with Gasteiger partial charge in [-0.05, 0) is 44.9 Å². The smallest absolute Gasteiger partial charge is 0.301 e. The zero-order valence-electron chi connectivity index (χ0n) is 18.5. The van der Waals surface area contributed by atoms with Gasteiger partial charge in [0.25, 0.3) is 11.6 Å². The van der Waals surface area contributed by atoms with Gasteiger partial charge < -0.3 is 9.73 Å². The average Bonchev–Trinajstić information content (AvgIpc) is 3.16. The Hall–Kier alpha value is -4.54. The number of nitrogens with zero attached hydrogens (tertiary/aromatic N) is 3. The molecule has 0 radical (unpaired) electrons. The van der Waals surface area contributed by atoms with E-state index in [9.17, 15) is 25.0 Å². The number of carbonyl (C=O) groups excluding carboxylic acids is 1. The molecule has 1 amide bonds. The Morgan fingerprint density at radius 1 is 1.03 bits per heavy atom. The van der Waals surface area contributed by atoms with Gasteiger partial charge in [-0.25, -0.2) is 0 Å². The van der Waals surface area contributed by atoms with E-state index in [0.29, 0.717) is 41.1 Å². The molecule has 1 aromatic heterocycles. The topological polar surface area (TPSA) is 153 Å². The highest BCUT2D eigenvalue weighted by Gasteiger charge is 2.28. The summed E-state index contributed by atoms with van der Waals surface area (Å²) < 4.78 is 5.88. The van der Waals surface area contributed by atoms with Crippen LogP contribution in [0, 0.1) is 34.1 Å². The van der Waals surface area contributed by atoms with Gasteiger partial charge in [0, 0.05) is 29.3 Å². The molecular weight excluding hydrogens is 442 g/mol. The predicted molar refractivity (Wildman–Crippen MR) is 125 cm³/mol. The highest BCUT2D eigenvalue weighted by atomic mass is 16.6. The van der Waals surface area contributed by atoms with Gasteiger partial charge in [0.05, 0.1) is 21.6 Å². The number of non-ortho nitro benzene ring substituents is 1. The molecule has 1 aliphatic rings. The first-order valence-electron chi connectivity index (χ1n) is 10.5. The molecule has 34 heavy (non-hydrogen) atoms. The van der Waals surface area contributed by atoms with Crippen molar-refractivity contribution >= 4 is 34.4 Å². The van der Waals surface area contributed by atoms with E-state index >= 15 is 0 Å². The van der Waals surface area contributed by atoms with Crippen molar-refractivity contribution in [1.29, 1.82) is 0 Å². The molecule has 1 aliphatic carbocycles. The largest absolute Gasteiger partial charge is 0.455 e. The number of aryl methyl sites for hydroxylation is 2. The summed E-state index contributed by atoms with van der Waals surface area (Å²) in [6, 6.07) is 10.7. The third-order valence-corrected chi connectivity index (χ3v) is 5.54. The summed E-state index contributed by atoms with van der Waals surface area (Å²) in [6.07, 6.45) is 1.92. The third kappa shape index (κ3) is 4.49. The number of hydrogen-bond donors (Lipinski definition) is 2. The van der Waals surface area contributed by atoms with Gasteiger partial charge >= 0.3 is 5.69 Å². The van der Waals surface area contributed by atoms with Crippen molar-refractivity contribution in [2.24, 2.45) is 5.10 Å². The lowest BCUT2D eigenvalue weighted by atomic mass is 9.93. The monoisotopic (exact) mass is 463 g/mol. The fourth-order valence-corrected chi connectivity index (χ4v) is 3.83. The normalized spacial score (nSPS) is 13.9. The van der Waals surface area contributed by atoms with Crippen molar-refractivity contribution in [3.05, 3.63) is 90.9 Å². The van der Waals surface area contributed by atoms with Gasteiger partial charge in [0.2, 0.25) is 0 Å². The Kier molecular flexibility index (Phi) is 6.09. The van der Waals surface area contributed by atoms with Crippen LogP contribution >= 0.6 is 0 Å². The fraction of sp³-hybridized carbons (Fsp3) is 0.217. The molecule has 0 unspecified atom stereocenters. The van der Waals surface area contributed by atoms with Crippen LogP contribution in [0.3, 0.4) is 0 Å². The maximum absolute atomic E-state index is 12.8. The number of carbonyl (C=O) groups is 1. The number of amides is 1. The molecule has 0 fully saturated rings. The molecule has 2 N–H and O–H groups in total. The minimum Gasteiger partial charge on any atom is -0.455 e. The molecule has 11 nitrogen and oxygen atoms in total. The average molecular weight is 463 g/mol. The molecule has 0 saturated carbocycles. The Labute approximate surface area is 193 Å². The first-order valence-corrected chi connectivity index (χ1v) is 10.5. The Balaban J connectivity index is 1.62. The van der Waals surface area contributed by atoms with E-state index in [1.165, 1.54) is 12.1 Å². The highest BCUT2D eigenvalue weighted by molar-refractivity contribution is 6.09. The number of benzene rings is 2. The van der Waals surface area contributed by atoms with E-state index in [1.807, 2.05) is 19.1 Å². The third-order valence-electron chi connectivity index (χ3n) is 5.54. The molecule has 0 atom stereocenters. The van der Waals surface area contributed by atoms with Crippen molar-refractivity contribution in [3.8, 4) is 0 Å². The number of nitro groups is 2. The van der Waals surface area contributed by atoms with Crippen LogP contribution in [-0.4, -0.2) is 21.5 Å². The summed E-state index contributed by atoms with van der Waals surface area (Å²) in [5.74, 6) is 0.423. The SMILES string of the molecule is Cc1ccc(NC(=O)c2oc3c(c2C)/C(=N/Nc2ccc([N+](=O)[O-])cc2[N+](=O)[O-])CCC3)cc1. The molecule has 0 saturated heterocycles. The van der Waals surface area contributed by atoms with Crippen molar-refractivity contribution in [2.75, 3.05) is 10.7 Å². The van der Waals surface area contributed by atoms with Crippen LogP contribution in [0.4, 0.5) is 22.7 Å². The Bertz CT molecular complexity index is 1330. The Morgan fingerprint density at radius 2 is 1.76 bits per heavy atom. The molecule has 174 valence electrons. The minimum atomic E-state index is -0.710. The van der Waals surface area contributed by atoms with Crippen LogP contribution in [0.5, 0.6) is 0 Å². The minimum absolute atomic E-state index is 0.0220. The van der Waals surface area contributed by atoms with Gasteiger partial charge in [-0.3, -0.25) is 30.4 Å². The van der Waals surface area contributed by atoms with Gasteiger partial charge in [-0.15, -0.1) is 0 Å². The second kappa shape index (κ2) is 9.14. The zero-order chi connectivity index (χ0) is 24.4. The number of nitrogens with one attached hydrogen (secondary N) is 2. The van der Waals surface area contributed by atoms with Gasteiger partial charge in [0.15, 0.2) is 5.76 Å². The van der Waals surface area contributed by atoms with Crippen LogP contribution in [0.15, 0.2) is 52.0 Å². The maximum atomic E-state index is 12.8. The predicted octanol–water partition coefficient (Wildman–Crippen LogP) is 5.12. The molecule has 2 aromatic carbocycles. The maximum Gasteiger partial charge on any atom is 0.301 e. The van der Waals surface area contributed by atoms with Crippen molar-refractivity contribution in [3.63, 3.8) is 0 Å². The first-order chi connectivity index (χ1) is 16.2. The number of anilines is 2. The number of rotatable bonds is 6. The molecular formula is C23H21N5O6. The van der Waals surface area contributed by atoms with Crippen molar-refractivity contribution in [1.82, 2.24) is 0 Å². The van der Waals surface area contributed by atoms with Crippen LogP contribution < -0.4 is 10.7 Å². The lowest BCUT2D eigenvalue weighted by Crippen LogP contribution is -2.14. The summed E-state index contributed by atoms with van der Waals surface area (Å²) in [7, 11) is 0. The molecule has 1 heterocycles. The summed E-state index contributed by atoms with van der Waals surface area (Å²) >= 11 is 0. The first kappa shape index (κ1) is 22.6. The number of nitro benzene ring substituents is 2. The van der Waals surface area contributed by atoms with Gasteiger partial charge in [-0.1, -0.05) is 17.7 Å². The van der Waals surface area contributed by atoms with Crippen LogP contribution in [-0.2, 0) is 6.42 Å². The van der Waals surface area contributed by atoms with E-state index in [4.69, 9.17) is 4.42 Å². The molecule has 11 heteroatoms. The lowest BCUT2D eigenvalue weighted by molar-refractivity contribution is -0.393. The zero-order valence-corrected chi connectivity index (χ0v) is 18.5. The van der Waals surface area contributed by atoms with E-state index in [-0.39, 0.29) is 23.0 Å².